The molecule has 1 aliphatic carbocycles. The van der Waals surface area contributed by atoms with E-state index >= 15 is 0 Å². The first-order valence-corrected chi connectivity index (χ1v) is 11.5. The highest BCUT2D eigenvalue weighted by Gasteiger charge is 2.33. The smallest absolute Gasteiger partial charge is 0.253 e. The summed E-state index contributed by atoms with van der Waals surface area (Å²) in [5.41, 5.74) is 2.25. The van der Waals surface area contributed by atoms with Crippen LogP contribution in [0.3, 0.4) is 0 Å². The molecule has 6 nitrogen and oxygen atoms in total. The molecule has 2 N–H and O–H groups in total. The zero-order valence-electron chi connectivity index (χ0n) is 19.1. The van der Waals surface area contributed by atoms with Gasteiger partial charge in [-0.25, -0.2) is 0 Å². The molecule has 174 valence electrons. The van der Waals surface area contributed by atoms with Gasteiger partial charge in [-0.05, 0) is 61.6 Å². The molecule has 1 saturated carbocycles. The van der Waals surface area contributed by atoms with Crippen molar-refractivity contribution in [1.82, 2.24) is 15.5 Å². The van der Waals surface area contributed by atoms with Crippen LogP contribution in [0.15, 0.2) is 29.3 Å². The number of carbonyl (C=O) groups is 1. The summed E-state index contributed by atoms with van der Waals surface area (Å²) < 4.78 is 5.33. The van der Waals surface area contributed by atoms with Gasteiger partial charge < -0.3 is 20.3 Å². The SMILES string of the molecule is CN=C(NCc1ccc(C(=O)N2CCCCC2)cc1)NCC1(CCOC)CCCC1.I. The second kappa shape index (κ2) is 13.3. The maximum atomic E-state index is 12.6. The molecule has 1 aliphatic heterocycles. The Balaban J connectivity index is 0.00000341. The van der Waals surface area contributed by atoms with E-state index in [2.05, 4.69) is 15.6 Å². The molecule has 2 aliphatic rings. The standard InChI is InChI=1S/C24H38N4O2.HI/c1-25-23(27-19-24(14-17-30-2)12-4-5-13-24)26-18-20-8-10-21(11-9-20)22(29)28-15-6-3-7-16-28;/h8-11H,3-7,12-19H2,1-2H3,(H2,25,26,27);1H. The number of nitrogens with zero attached hydrogens (tertiary/aromatic N) is 2. The Hall–Kier alpha value is -1.35. The first-order valence-electron chi connectivity index (χ1n) is 11.5. The number of hydrogen-bond acceptors (Lipinski definition) is 3. The van der Waals surface area contributed by atoms with Crippen molar-refractivity contribution in [2.45, 2.75) is 57.9 Å². The van der Waals surface area contributed by atoms with Gasteiger partial charge in [-0.1, -0.05) is 25.0 Å². The molecule has 1 amide bonds. The summed E-state index contributed by atoms with van der Waals surface area (Å²) in [5.74, 6) is 0.983. The number of rotatable bonds is 8. The van der Waals surface area contributed by atoms with E-state index in [1.807, 2.05) is 36.2 Å². The van der Waals surface area contributed by atoms with Crippen LogP contribution in [0.1, 0.15) is 67.3 Å². The van der Waals surface area contributed by atoms with E-state index in [1.165, 1.54) is 32.1 Å². The number of aliphatic imine (C=N–C) groups is 1. The van der Waals surface area contributed by atoms with Gasteiger partial charge >= 0.3 is 0 Å². The molecular formula is C24H39IN4O2. The molecule has 0 radical (unpaired) electrons. The lowest BCUT2D eigenvalue weighted by Crippen LogP contribution is -2.43. The fourth-order valence-corrected chi connectivity index (χ4v) is 4.68. The maximum Gasteiger partial charge on any atom is 0.253 e. The monoisotopic (exact) mass is 542 g/mol. The summed E-state index contributed by atoms with van der Waals surface area (Å²) in [7, 11) is 3.59. The topological polar surface area (TPSA) is 66.0 Å². The minimum Gasteiger partial charge on any atom is -0.385 e. The van der Waals surface area contributed by atoms with Gasteiger partial charge in [-0.15, -0.1) is 24.0 Å². The van der Waals surface area contributed by atoms with Crippen molar-refractivity contribution < 1.29 is 9.53 Å². The summed E-state index contributed by atoms with van der Waals surface area (Å²) in [5, 5.41) is 6.93. The number of methoxy groups -OCH3 is 1. The van der Waals surface area contributed by atoms with Crippen LogP contribution in [-0.4, -0.2) is 57.2 Å². The largest absolute Gasteiger partial charge is 0.385 e. The van der Waals surface area contributed by atoms with Crippen LogP contribution in [-0.2, 0) is 11.3 Å². The fourth-order valence-electron chi connectivity index (χ4n) is 4.68. The summed E-state index contributed by atoms with van der Waals surface area (Å²) in [6.07, 6.45) is 9.69. The zero-order chi connectivity index (χ0) is 21.2. The van der Waals surface area contributed by atoms with E-state index in [-0.39, 0.29) is 29.9 Å². The first kappa shape index (κ1) is 25.9. The number of carbonyl (C=O) groups excluding carboxylic acids is 1. The van der Waals surface area contributed by atoms with Gasteiger partial charge in [0.05, 0.1) is 0 Å². The van der Waals surface area contributed by atoms with E-state index in [1.54, 1.807) is 7.11 Å². The molecule has 0 atom stereocenters. The average molecular weight is 543 g/mol. The first-order chi connectivity index (χ1) is 14.7. The number of nitrogens with one attached hydrogen (secondary N) is 2. The molecule has 1 aromatic carbocycles. The number of hydrogen-bond donors (Lipinski definition) is 2. The third-order valence-corrected chi connectivity index (χ3v) is 6.66. The molecule has 2 fully saturated rings. The van der Waals surface area contributed by atoms with E-state index < -0.39 is 0 Å². The third-order valence-electron chi connectivity index (χ3n) is 6.66. The van der Waals surface area contributed by atoms with Crippen LogP contribution < -0.4 is 10.6 Å². The number of benzene rings is 1. The van der Waals surface area contributed by atoms with Gasteiger partial charge in [0.2, 0.25) is 0 Å². The Morgan fingerprint density at radius 2 is 1.74 bits per heavy atom. The quantitative estimate of drug-likeness (QED) is 0.294. The van der Waals surface area contributed by atoms with Crippen LogP contribution in [0.25, 0.3) is 0 Å². The molecule has 1 aromatic rings. The third kappa shape index (κ3) is 7.63. The average Bonchev–Trinajstić information content (AvgIpc) is 3.27. The van der Waals surface area contributed by atoms with Crippen molar-refractivity contribution in [3.63, 3.8) is 0 Å². The van der Waals surface area contributed by atoms with E-state index in [0.717, 1.165) is 62.6 Å². The normalized spacial score (nSPS) is 18.4. The Morgan fingerprint density at radius 3 is 2.35 bits per heavy atom. The summed E-state index contributed by atoms with van der Waals surface area (Å²) in [4.78, 5) is 19.0. The summed E-state index contributed by atoms with van der Waals surface area (Å²) >= 11 is 0. The number of halogens is 1. The zero-order valence-corrected chi connectivity index (χ0v) is 21.5. The molecule has 31 heavy (non-hydrogen) atoms. The van der Waals surface area contributed by atoms with Crippen LogP contribution in [0.5, 0.6) is 0 Å². The van der Waals surface area contributed by atoms with E-state index in [4.69, 9.17) is 4.74 Å². The van der Waals surface area contributed by atoms with Gasteiger partial charge in [0, 0.05) is 52.5 Å². The summed E-state index contributed by atoms with van der Waals surface area (Å²) in [6.45, 7) is 4.20. The predicted molar refractivity (Wildman–Crippen MR) is 137 cm³/mol. The second-order valence-electron chi connectivity index (χ2n) is 8.78. The van der Waals surface area contributed by atoms with Gasteiger partial charge in [0.25, 0.3) is 5.91 Å². The lowest BCUT2D eigenvalue weighted by atomic mass is 9.83. The van der Waals surface area contributed by atoms with Crippen LogP contribution in [0, 0.1) is 5.41 Å². The van der Waals surface area contributed by atoms with Crippen molar-refractivity contribution in [2.24, 2.45) is 10.4 Å². The number of likely N-dealkylation sites (tertiary alicyclic amines) is 1. The lowest BCUT2D eigenvalue weighted by Gasteiger charge is -2.30. The summed E-state index contributed by atoms with van der Waals surface area (Å²) in [6, 6.07) is 7.97. The van der Waals surface area contributed by atoms with Crippen molar-refractivity contribution in [3.05, 3.63) is 35.4 Å². The fraction of sp³-hybridized carbons (Fsp3) is 0.667. The number of piperidine rings is 1. The highest BCUT2D eigenvalue weighted by atomic mass is 127. The maximum absolute atomic E-state index is 12.6. The molecule has 0 spiro atoms. The van der Waals surface area contributed by atoms with Gasteiger partial charge in [0.1, 0.15) is 0 Å². The van der Waals surface area contributed by atoms with Crippen LogP contribution >= 0.6 is 24.0 Å². The van der Waals surface area contributed by atoms with Gasteiger partial charge in [0.15, 0.2) is 5.96 Å². The van der Waals surface area contributed by atoms with Gasteiger partial charge in [-0.3, -0.25) is 9.79 Å². The highest BCUT2D eigenvalue weighted by Crippen LogP contribution is 2.40. The molecule has 0 unspecified atom stereocenters. The van der Waals surface area contributed by atoms with Crippen LogP contribution in [0.2, 0.25) is 0 Å². The number of guanidine groups is 1. The number of amides is 1. The van der Waals surface area contributed by atoms with Crippen molar-refractivity contribution in [2.75, 3.05) is 40.4 Å². The molecule has 0 aromatic heterocycles. The second-order valence-corrected chi connectivity index (χ2v) is 8.78. The molecule has 0 bridgehead atoms. The van der Waals surface area contributed by atoms with Gasteiger partial charge in [-0.2, -0.15) is 0 Å². The Kier molecular flexibility index (Phi) is 11.1. The minimum atomic E-state index is 0. The van der Waals surface area contributed by atoms with Crippen molar-refractivity contribution in [1.29, 1.82) is 0 Å². The van der Waals surface area contributed by atoms with E-state index in [0.29, 0.717) is 12.0 Å². The van der Waals surface area contributed by atoms with Crippen LogP contribution in [0.4, 0.5) is 0 Å². The number of ether oxygens (including phenoxy) is 1. The predicted octanol–water partition coefficient (Wildman–Crippen LogP) is 4.19. The van der Waals surface area contributed by atoms with E-state index in [9.17, 15) is 4.79 Å². The Bertz CT molecular complexity index is 696. The van der Waals surface area contributed by atoms with Crippen molar-refractivity contribution in [3.8, 4) is 0 Å². The Labute approximate surface area is 204 Å². The molecular weight excluding hydrogens is 503 g/mol. The molecule has 7 heteroatoms. The molecule has 1 saturated heterocycles. The minimum absolute atomic E-state index is 0. The highest BCUT2D eigenvalue weighted by molar-refractivity contribution is 14.0. The Morgan fingerprint density at radius 1 is 1.06 bits per heavy atom. The lowest BCUT2D eigenvalue weighted by molar-refractivity contribution is 0.0724. The molecule has 3 rings (SSSR count). The van der Waals surface area contributed by atoms with Crippen molar-refractivity contribution >= 4 is 35.8 Å². The molecule has 1 heterocycles.